The quantitative estimate of drug-likeness (QED) is 0.827. The molecular weight excluding hydrogens is 198 g/mol. The number of nitrogens with one attached hydrogen (secondary N) is 1. The summed E-state index contributed by atoms with van der Waals surface area (Å²) in [6.45, 7) is 2.26. The molecule has 0 aromatic heterocycles. The zero-order valence-electron chi connectivity index (χ0n) is 8.22. The van der Waals surface area contributed by atoms with Crippen molar-refractivity contribution in [3.8, 4) is 5.75 Å². The van der Waals surface area contributed by atoms with Crippen molar-refractivity contribution in [1.82, 2.24) is 5.32 Å². The number of methoxy groups -OCH3 is 1. The van der Waals surface area contributed by atoms with E-state index in [9.17, 15) is 0 Å². The SMILES string of the molecule is COc1cc(CC2CNC2)ccc1Cl. The first-order valence-electron chi connectivity index (χ1n) is 4.82. The van der Waals surface area contributed by atoms with Crippen LogP contribution in [0.1, 0.15) is 5.56 Å². The standard InChI is InChI=1S/C11H14ClNO/c1-14-11-5-8(2-3-10(11)12)4-9-6-13-7-9/h2-3,5,9,13H,4,6-7H2,1H3. The average Bonchev–Trinajstić information content (AvgIpc) is 2.14. The Bertz CT molecular complexity index is 323. The molecule has 0 unspecified atom stereocenters. The summed E-state index contributed by atoms with van der Waals surface area (Å²) in [5.41, 5.74) is 1.30. The van der Waals surface area contributed by atoms with E-state index in [0.29, 0.717) is 5.02 Å². The molecule has 2 rings (SSSR count). The molecule has 1 aromatic rings. The Morgan fingerprint density at radius 3 is 2.86 bits per heavy atom. The second-order valence-electron chi connectivity index (χ2n) is 3.70. The highest BCUT2D eigenvalue weighted by Gasteiger charge is 2.17. The van der Waals surface area contributed by atoms with E-state index < -0.39 is 0 Å². The van der Waals surface area contributed by atoms with Crippen LogP contribution in [0, 0.1) is 5.92 Å². The van der Waals surface area contributed by atoms with Crippen molar-refractivity contribution in [2.24, 2.45) is 5.92 Å². The molecule has 2 nitrogen and oxygen atoms in total. The number of ether oxygens (including phenoxy) is 1. The molecule has 0 radical (unpaired) electrons. The number of hydrogen-bond donors (Lipinski definition) is 1. The molecule has 0 spiro atoms. The molecule has 3 heteroatoms. The smallest absolute Gasteiger partial charge is 0.137 e. The molecule has 0 bridgehead atoms. The van der Waals surface area contributed by atoms with Gasteiger partial charge >= 0.3 is 0 Å². The van der Waals surface area contributed by atoms with Gasteiger partial charge in [-0.25, -0.2) is 0 Å². The third kappa shape index (κ3) is 2.02. The van der Waals surface area contributed by atoms with Crippen molar-refractivity contribution >= 4 is 11.6 Å². The highest BCUT2D eigenvalue weighted by atomic mass is 35.5. The van der Waals surface area contributed by atoms with Gasteiger partial charge in [0.15, 0.2) is 0 Å². The van der Waals surface area contributed by atoms with E-state index in [-0.39, 0.29) is 0 Å². The van der Waals surface area contributed by atoms with Crippen LogP contribution >= 0.6 is 11.6 Å². The van der Waals surface area contributed by atoms with E-state index in [0.717, 1.165) is 31.2 Å². The highest BCUT2D eigenvalue weighted by Crippen LogP contribution is 2.26. The van der Waals surface area contributed by atoms with Crippen LogP contribution in [-0.4, -0.2) is 20.2 Å². The fourth-order valence-electron chi connectivity index (χ4n) is 1.66. The van der Waals surface area contributed by atoms with E-state index in [4.69, 9.17) is 16.3 Å². The molecule has 0 atom stereocenters. The third-order valence-corrected chi connectivity index (χ3v) is 2.92. The summed E-state index contributed by atoms with van der Waals surface area (Å²) in [5.74, 6) is 1.55. The van der Waals surface area contributed by atoms with Crippen LogP contribution in [0.3, 0.4) is 0 Å². The van der Waals surface area contributed by atoms with Gasteiger partial charge < -0.3 is 10.1 Å². The van der Waals surface area contributed by atoms with E-state index in [1.54, 1.807) is 7.11 Å². The second-order valence-corrected chi connectivity index (χ2v) is 4.10. The maximum atomic E-state index is 5.94. The average molecular weight is 212 g/mol. The lowest BCUT2D eigenvalue weighted by molar-refractivity contribution is 0.346. The minimum Gasteiger partial charge on any atom is -0.495 e. The summed E-state index contributed by atoms with van der Waals surface area (Å²) in [6, 6.07) is 6.01. The van der Waals surface area contributed by atoms with Crippen LogP contribution in [0.5, 0.6) is 5.75 Å². The van der Waals surface area contributed by atoms with Crippen LogP contribution in [0.2, 0.25) is 5.02 Å². The highest BCUT2D eigenvalue weighted by molar-refractivity contribution is 6.32. The van der Waals surface area contributed by atoms with E-state index in [1.807, 2.05) is 12.1 Å². The van der Waals surface area contributed by atoms with Crippen LogP contribution in [0.15, 0.2) is 18.2 Å². The van der Waals surface area contributed by atoms with Crippen molar-refractivity contribution in [3.05, 3.63) is 28.8 Å². The van der Waals surface area contributed by atoms with Crippen LogP contribution < -0.4 is 10.1 Å². The van der Waals surface area contributed by atoms with Gasteiger partial charge in [0.25, 0.3) is 0 Å². The number of benzene rings is 1. The fourth-order valence-corrected chi connectivity index (χ4v) is 1.85. The lowest BCUT2D eigenvalue weighted by atomic mass is 9.94. The van der Waals surface area contributed by atoms with Gasteiger partial charge in [0.1, 0.15) is 5.75 Å². The summed E-state index contributed by atoms with van der Waals surface area (Å²) < 4.78 is 5.17. The summed E-state index contributed by atoms with van der Waals surface area (Å²) in [4.78, 5) is 0. The van der Waals surface area contributed by atoms with Gasteiger partial charge in [-0.3, -0.25) is 0 Å². The van der Waals surface area contributed by atoms with Crippen molar-refractivity contribution in [2.75, 3.05) is 20.2 Å². The molecule has 14 heavy (non-hydrogen) atoms. The Labute approximate surface area is 89.2 Å². The maximum absolute atomic E-state index is 5.94. The van der Waals surface area contributed by atoms with Crippen molar-refractivity contribution in [3.63, 3.8) is 0 Å². The molecule has 1 N–H and O–H groups in total. The molecular formula is C11H14ClNO. The lowest BCUT2D eigenvalue weighted by Crippen LogP contribution is -2.43. The fraction of sp³-hybridized carbons (Fsp3) is 0.455. The molecule has 1 saturated heterocycles. The molecule has 1 aliphatic rings. The predicted octanol–water partition coefficient (Wildman–Crippen LogP) is 2.11. The van der Waals surface area contributed by atoms with Gasteiger partial charge in [-0.2, -0.15) is 0 Å². The van der Waals surface area contributed by atoms with Crippen LogP contribution in [0.4, 0.5) is 0 Å². The zero-order valence-corrected chi connectivity index (χ0v) is 8.97. The lowest BCUT2D eigenvalue weighted by Gasteiger charge is -2.27. The molecule has 1 aliphatic heterocycles. The normalized spacial score (nSPS) is 16.4. The Morgan fingerprint density at radius 2 is 2.29 bits per heavy atom. The zero-order chi connectivity index (χ0) is 9.97. The Hall–Kier alpha value is -0.730. The largest absolute Gasteiger partial charge is 0.495 e. The summed E-state index contributed by atoms with van der Waals surface area (Å²) in [6.07, 6.45) is 1.11. The molecule has 0 aliphatic carbocycles. The number of rotatable bonds is 3. The molecule has 0 amide bonds. The molecule has 1 heterocycles. The Kier molecular flexibility index (Phi) is 2.94. The van der Waals surface area contributed by atoms with Crippen molar-refractivity contribution in [2.45, 2.75) is 6.42 Å². The predicted molar refractivity (Wildman–Crippen MR) is 58.1 cm³/mol. The minimum absolute atomic E-state index is 0.683. The molecule has 0 saturated carbocycles. The summed E-state index contributed by atoms with van der Waals surface area (Å²) in [7, 11) is 1.65. The third-order valence-electron chi connectivity index (χ3n) is 2.61. The minimum atomic E-state index is 0.683. The number of halogens is 1. The molecule has 76 valence electrons. The van der Waals surface area contributed by atoms with Gasteiger partial charge in [-0.05, 0) is 43.1 Å². The monoisotopic (exact) mass is 211 g/mol. The van der Waals surface area contributed by atoms with Crippen molar-refractivity contribution in [1.29, 1.82) is 0 Å². The first-order chi connectivity index (χ1) is 6.79. The van der Waals surface area contributed by atoms with Gasteiger partial charge in [0.05, 0.1) is 12.1 Å². The van der Waals surface area contributed by atoms with Gasteiger partial charge in [0.2, 0.25) is 0 Å². The first kappa shape index (κ1) is 9.81. The maximum Gasteiger partial charge on any atom is 0.137 e. The Balaban J connectivity index is 2.09. The second kappa shape index (κ2) is 4.20. The van der Waals surface area contributed by atoms with E-state index in [2.05, 4.69) is 11.4 Å². The first-order valence-corrected chi connectivity index (χ1v) is 5.20. The van der Waals surface area contributed by atoms with Gasteiger partial charge in [-0.15, -0.1) is 0 Å². The van der Waals surface area contributed by atoms with Crippen LogP contribution in [0.25, 0.3) is 0 Å². The van der Waals surface area contributed by atoms with E-state index in [1.165, 1.54) is 5.56 Å². The van der Waals surface area contributed by atoms with Crippen LogP contribution in [-0.2, 0) is 6.42 Å². The van der Waals surface area contributed by atoms with Gasteiger partial charge in [-0.1, -0.05) is 17.7 Å². The Morgan fingerprint density at radius 1 is 1.50 bits per heavy atom. The number of hydrogen-bond acceptors (Lipinski definition) is 2. The molecule has 1 aromatic carbocycles. The van der Waals surface area contributed by atoms with Gasteiger partial charge in [0, 0.05) is 0 Å². The molecule has 1 fully saturated rings. The van der Waals surface area contributed by atoms with E-state index >= 15 is 0 Å². The van der Waals surface area contributed by atoms with Crippen molar-refractivity contribution < 1.29 is 4.74 Å². The summed E-state index contributed by atoms with van der Waals surface area (Å²) >= 11 is 5.94. The topological polar surface area (TPSA) is 21.3 Å². The summed E-state index contributed by atoms with van der Waals surface area (Å²) in [5, 5.41) is 3.95.